The highest BCUT2D eigenvalue weighted by Gasteiger charge is 2.25. The van der Waals surface area contributed by atoms with E-state index in [1.807, 2.05) is 42.5 Å². The fourth-order valence-corrected chi connectivity index (χ4v) is 7.94. The minimum absolute atomic E-state index is 0.383. The maximum absolute atomic E-state index is 6.50. The van der Waals surface area contributed by atoms with Gasteiger partial charge in [0.25, 0.3) is 0 Å². The summed E-state index contributed by atoms with van der Waals surface area (Å²) in [6, 6.07) is 56.8. The lowest BCUT2D eigenvalue weighted by atomic mass is 9.95. The van der Waals surface area contributed by atoms with Gasteiger partial charge in [0, 0.05) is 43.8 Å². The van der Waals surface area contributed by atoms with Crippen molar-refractivity contribution in [3.63, 3.8) is 0 Å². The van der Waals surface area contributed by atoms with Gasteiger partial charge in [0.2, 0.25) is 0 Å². The van der Waals surface area contributed by atoms with E-state index < -0.39 is 0 Å². The number of para-hydroxylation sites is 2. The Labute approximate surface area is 298 Å². The van der Waals surface area contributed by atoms with Crippen LogP contribution in [0.4, 0.5) is 0 Å². The van der Waals surface area contributed by atoms with Gasteiger partial charge in [-0.05, 0) is 57.4 Å². The van der Waals surface area contributed by atoms with Gasteiger partial charge in [-0.3, -0.25) is 0 Å². The summed E-state index contributed by atoms with van der Waals surface area (Å²) in [6.45, 7) is 0. The Hall–Kier alpha value is -6.98. The largest absolute Gasteiger partial charge is 0.456 e. The summed E-state index contributed by atoms with van der Waals surface area (Å²) in [5, 5.41) is 12.7. The fourth-order valence-electron chi connectivity index (χ4n) is 7.94. The lowest BCUT2D eigenvalue weighted by Crippen LogP contribution is -2.33. The normalized spacial score (nSPS) is 14.7. The Balaban J connectivity index is 1.13. The maximum Gasteiger partial charge on any atom is 0.160 e. The molecule has 2 aromatic heterocycles. The molecule has 0 bridgehead atoms. The van der Waals surface area contributed by atoms with Gasteiger partial charge in [-0.15, -0.1) is 0 Å². The molecule has 10 aromatic rings. The summed E-state index contributed by atoms with van der Waals surface area (Å²) < 4.78 is 12.9. The zero-order valence-corrected chi connectivity index (χ0v) is 27.9. The number of rotatable bonds is 4. The van der Waals surface area contributed by atoms with Crippen molar-refractivity contribution in [2.45, 2.75) is 6.17 Å². The van der Waals surface area contributed by atoms with Gasteiger partial charge < -0.3 is 14.2 Å². The fraction of sp³-hybridized carbons (Fsp3) is 0.0213. The number of fused-ring (bicyclic) bond motifs is 9. The molecule has 1 unspecified atom stereocenters. The molecule has 52 heavy (non-hydrogen) atoms. The molecule has 0 amide bonds. The lowest BCUT2D eigenvalue weighted by Gasteiger charge is -2.25. The molecule has 0 saturated carbocycles. The molecule has 8 aromatic carbocycles. The van der Waals surface area contributed by atoms with E-state index >= 15 is 0 Å². The number of aliphatic imine (C=N–C) groups is 2. The molecule has 1 N–H and O–H groups in total. The van der Waals surface area contributed by atoms with Crippen LogP contribution < -0.4 is 5.32 Å². The molecule has 11 rings (SSSR count). The van der Waals surface area contributed by atoms with Crippen LogP contribution in [-0.4, -0.2) is 11.7 Å². The summed E-state index contributed by atoms with van der Waals surface area (Å²) in [6.07, 6.45) is -0.383. The molecule has 0 aliphatic carbocycles. The van der Waals surface area contributed by atoms with Crippen molar-refractivity contribution < 1.29 is 8.83 Å². The highest BCUT2D eigenvalue weighted by molar-refractivity contribution is 6.22. The van der Waals surface area contributed by atoms with Crippen LogP contribution in [-0.2, 0) is 0 Å². The van der Waals surface area contributed by atoms with E-state index in [9.17, 15) is 0 Å². The Morgan fingerprint density at radius 3 is 2.06 bits per heavy atom. The molecule has 0 spiro atoms. The zero-order valence-electron chi connectivity index (χ0n) is 27.9. The molecule has 3 heterocycles. The van der Waals surface area contributed by atoms with Crippen LogP contribution in [0.2, 0.25) is 0 Å². The van der Waals surface area contributed by atoms with E-state index in [1.165, 1.54) is 16.2 Å². The van der Waals surface area contributed by atoms with Crippen molar-refractivity contribution in [2.24, 2.45) is 9.98 Å². The van der Waals surface area contributed by atoms with Crippen molar-refractivity contribution in [1.29, 1.82) is 0 Å². The topological polar surface area (TPSA) is 63.0 Å². The molecule has 0 fully saturated rings. The van der Waals surface area contributed by atoms with Gasteiger partial charge in [0.05, 0.1) is 0 Å². The molecule has 1 aliphatic rings. The zero-order chi connectivity index (χ0) is 34.2. The molecule has 1 atom stereocenters. The summed E-state index contributed by atoms with van der Waals surface area (Å²) >= 11 is 0. The molecule has 5 heteroatoms. The quantitative estimate of drug-likeness (QED) is 0.190. The molecule has 0 saturated heterocycles. The van der Waals surface area contributed by atoms with Gasteiger partial charge in [-0.25, -0.2) is 9.98 Å². The van der Waals surface area contributed by atoms with Crippen LogP contribution in [0.1, 0.15) is 22.9 Å². The van der Waals surface area contributed by atoms with Gasteiger partial charge in [-0.2, -0.15) is 0 Å². The van der Waals surface area contributed by atoms with Crippen LogP contribution in [0.15, 0.2) is 183 Å². The van der Waals surface area contributed by atoms with Crippen LogP contribution in [0, 0.1) is 0 Å². The molecule has 244 valence electrons. The van der Waals surface area contributed by atoms with E-state index in [0.717, 1.165) is 82.9 Å². The van der Waals surface area contributed by atoms with Crippen molar-refractivity contribution >= 4 is 77.1 Å². The average Bonchev–Trinajstić information content (AvgIpc) is 3.79. The third-order valence-corrected chi connectivity index (χ3v) is 10.3. The standard InChI is InChI=1S/C47H29N3O2/c1-2-12-28(13-3-1)45-48-46(50-47(49-45)38-26-29-14-4-5-15-31(29)33-16-6-7-17-34(33)38)37-21-11-23-42-43(37)39-27-30(24-25-41(39)51-42)32-19-10-20-36-35-18-8-9-22-40(35)52-44(32)36/h1-27,47H,(H,48,49,50). The Kier molecular flexibility index (Phi) is 6.25. The van der Waals surface area contributed by atoms with E-state index in [2.05, 4.69) is 127 Å². The van der Waals surface area contributed by atoms with Crippen molar-refractivity contribution in [3.05, 3.63) is 180 Å². The van der Waals surface area contributed by atoms with Gasteiger partial charge in [-0.1, -0.05) is 133 Å². The second kappa shape index (κ2) is 11.3. The van der Waals surface area contributed by atoms with Crippen LogP contribution in [0.5, 0.6) is 0 Å². The van der Waals surface area contributed by atoms with E-state index in [4.69, 9.17) is 18.8 Å². The minimum atomic E-state index is -0.383. The Morgan fingerprint density at radius 2 is 1.15 bits per heavy atom. The minimum Gasteiger partial charge on any atom is -0.456 e. The number of nitrogens with zero attached hydrogens (tertiary/aromatic N) is 2. The second-order valence-corrected chi connectivity index (χ2v) is 13.3. The smallest absolute Gasteiger partial charge is 0.160 e. The molecular weight excluding hydrogens is 639 g/mol. The SMILES string of the molecule is c1ccc(C2=NC(c3cccc4oc5ccc(-c6cccc7c6oc6ccccc67)cc5c34)=NC(c3cc4ccccc4c4ccccc34)N2)cc1. The number of nitrogens with one attached hydrogen (secondary N) is 1. The first-order chi connectivity index (χ1) is 25.8. The number of amidine groups is 2. The number of hydrogen-bond donors (Lipinski definition) is 1. The number of hydrogen-bond acceptors (Lipinski definition) is 5. The average molecular weight is 668 g/mol. The summed E-state index contributed by atoms with van der Waals surface area (Å²) in [5.41, 5.74) is 8.45. The van der Waals surface area contributed by atoms with E-state index in [-0.39, 0.29) is 6.17 Å². The molecule has 0 radical (unpaired) electrons. The highest BCUT2D eigenvalue weighted by atomic mass is 16.3. The van der Waals surface area contributed by atoms with Crippen molar-refractivity contribution in [3.8, 4) is 11.1 Å². The van der Waals surface area contributed by atoms with Gasteiger partial charge >= 0.3 is 0 Å². The predicted molar refractivity (Wildman–Crippen MR) is 213 cm³/mol. The third-order valence-electron chi connectivity index (χ3n) is 10.3. The monoisotopic (exact) mass is 667 g/mol. The first-order valence-electron chi connectivity index (χ1n) is 17.5. The third kappa shape index (κ3) is 4.42. The molecular formula is C47H29N3O2. The molecule has 1 aliphatic heterocycles. The lowest BCUT2D eigenvalue weighted by molar-refractivity contribution is 0.668. The number of furan rings is 2. The Morgan fingerprint density at radius 1 is 0.462 bits per heavy atom. The first kappa shape index (κ1) is 28.8. The van der Waals surface area contributed by atoms with Gasteiger partial charge in [0.15, 0.2) is 5.84 Å². The molecule has 5 nitrogen and oxygen atoms in total. The van der Waals surface area contributed by atoms with E-state index in [0.29, 0.717) is 5.84 Å². The van der Waals surface area contributed by atoms with Crippen molar-refractivity contribution in [1.82, 2.24) is 5.32 Å². The summed E-state index contributed by atoms with van der Waals surface area (Å²) in [4.78, 5) is 10.6. The van der Waals surface area contributed by atoms with E-state index in [1.54, 1.807) is 0 Å². The van der Waals surface area contributed by atoms with Crippen LogP contribution >= 0.6 is 0 Å². The predicted octanol–water partition coefficient (Wildman–Crippen LogP) is 12.0. The summed E-state index contributed by atoms with van der Waals surface area (Å²) in [7, 11) is 0. The van der Waals surface area contributed by atoms with Crippen LogP contribution in [0.3, 0.4) is 0 Å². The second-order valence-electron chi connectivity index (χ2n) is 13.3. The first-order valence-corrected chi connectivity index (χ1v) is 17.5. The van der Waals surface area contributed by atoms with Crippen molar-refractivity contribution in [2.75, 3.05) is 0 Å². The van der Waals surface area contributed by atoms with Gasteiger partial charge in [0.1, 0.15) is 34.3 Å². The summed E-state index contributed by atoms with van der Waals surface area (Å²) in [5.74, 6) is 1.42. The maximum atomic E-state index is 6.50. The highest BCUT2D eigenvalue weighted by Crippen LogP contribution is 2.40. The Bertz CT molecular complexity index is 3110. The van der Waals surface area contributed by atoms with Crippen LogP contribution in [0.25, 0.3) is 76.5 Å². The number of benzene rings is 8.